The standard InChI is InChI=1S/C33H45FN6O7S/c1-22-17-40(23(2)20-41)32(42)28-16-27(37-48(44,45)31-19-38(4)21-35-31)13-14-29(28)47-24(3)8-6-7-15-46-30(22)18-39(5)33(43)36-26-11-9-25(34)10-12-26/h9-14,16,19,21-24,30,37,41H,6-8,15,17-18,20H2,1-5H3,(H,36,43)/t22-,23-,24+,30+/m1/s1. The summed E-state index contributed by atoms with van der Waals surface area (Å²) in [6, 6.07) is 8.96. The van der Waals surface area contributed by atoms with E-state index in [-0.39, 0.29) is 53.7 Å². The van der Waals surface area contributed by atoms with Crippen molar-refractivity contribution < 1.29 is 37.0 Å². The Kier molecular flexibility index (Phi) is 12.4. The monoisotopic (exact) mass is 688 g/mol. The highest BCUT2D eigenvalue weighted by Gasteiger charge is 2.31. The largest absolute Gasteiger partial charge is 0.490 e. The minimum atomic E-state index is -4.05. The number of anilines is 2. The van der Waals surface area contributed by atoms with Gasteiger partial charge in [0.05, 0.1) is 36.7 Å². The van der Waals surface area contributed by atoms with E-state index >= 15 is 0 Å². The van der Waals surface area contributed by atoms with Crippen molar-refractivity contribution in [2.45, 2.75) is 63.3 Å². The van der Waals surface area contributed by atoms with E-state index in [1.807, 2.05) is 13.8 Å². The average molecular weight is 689 g/mol. The lowest BCUT2D eigenvalue weighted by atomic mass is 10.0. The Morgan fingerprint density at radius 2 is 1.88 bits per heavy atom. The van der Waals surface area contributed by atoms with Crippen LogP contribution in [-0.2, 0) is 21.8 Å². The molecule has 0 bridgehead atoms. The van der Waals surface area contributed by atoms with E-state index in [4.69, 9.17) is 9.47 Å². The van der Waals surface area contributed by atoms with Crippen molar-refractivity contribution in [1.29, 1.82) is 0 Å². The molecule has 0 saturated heterocycles. The SMILES string of the molecule is C[C@@H]1CN([C@H](C)CO)C(=O)c2cc(NS(=O)(=O)c3cn(C)cn3)ccc2O[C@@H](C)CCCCO[C@H]1CN(C)C(=O)Nc1ccc(F)cc1. The van der Waals surface area contributed by atoms with Crippen LogP contribution in [0.3, 0.4) is 0 Å². The minimum absolute atomic E-state index is 0.126. The van der Waals surface area contributed by atoms with Crippen LogP contribution in [0, 0.1) is 11.7 Å². The quantitative estimate of drug-likeness (QED) is 0.316. The molecule has 0 fully saturated rings. The number of carbonyl (C=O) groups excluding carboxylic acids is 2. The van der Waals surface area contributed by atoms with Crippen molar-refractivity contribution in [3.8, 4) is 5.75 Å². The number of hydrogen-bond acceptors (Lipinski definition) is 8. The Morgan fingerprint density at radius 1 is 1.17 bits per heavy atom. The van der Waals surface area contributed by atoms with Gasteiger partial charge in [-0.2, -0.15) is 8.42 Å². The number of aliphatic hydroxyl groups excluding tert-OH is 1. The molecule has 262 valence electrons. The number of aromatic nitrogens is 2. The number of rotatable bonds is 8. The van der Waals surface area contributed by atoms with Crippen molar-refractivity contribution in [3.63, 3.8) is 0 Å². The molecule has 1 aliphatic rings. The van der Waals surface area contributed by atoms with Crippen LogP contribution in [0.4, 0.5) is 20.6 Å². The first-order valence-electron chi connectivity index (χ1n) is 15.9. The Balaban J connectivity index is 1.62. The lowest BCUT2D eigenvalue weighted by Gasteiger charge is -2.35. The Morgan fingerprint density at radius 3 is 2.54 bits per heavy atom. The van der Waals surface area contributed by atoms with Crippen LogP contribution < -0.4 is 14.8 Å². The summed E-state index contributed by atoms with van der Waals surface area (Å²) < 4.78 is 56.0. The van der Waals surface area contributed by atoms with Gasteiger partial charge in [0.25, 0.3) is 15.9 Å². The van der Waals surface area contributed by atoms with Crippen LogP contribution in [-0.4, -0.2) is 96.4 Å². The minimum Gasteiger partial charge on any atom is -0.490 e. The van der Waals surface area contributed by atoms with Gasteiger partial charge in [-0.1, -0.05) is 6.92 Å². The first-order valence-corrected chi connectivity index (χ1v) is 17.4. The van der Waals surface area contributed by atoms with Gasteiger partial charge in [-0.05, 0) is 75.6 Å². The van der Waals surface area contributed by atoms with E-state index in [0.29, 0.717) is 18.7 Å². The van der Waals surface area contributed by atoms with Crippen molar-refractivity contribution in [2.24, 2.45) is 13.0 Å². The van der Waals surface area contributed by atoms with E-state index in [1.165, 1.54) is 63.3 Å². The second-order valence-electron chi connectivity index (χ2n) is 12.3. The predicted molar refractivity (Wildman–Crippen MR) is 179 cm³/mol. The first kappa shape index (κ1) is 36.6. The lowest BCUT2D eigenvalue weighted by Crippen LogP contribution is -2.48. The topological polar surface area (TPSA) is 155 Å². The molecule has 0 radical (unpaired) electrons. The zero-order valence-electron chi connectivity index (χ0n) is 27.9. The number of ether oxygens (including phenoxy) is 2. The van der Waals surface area contributed by atoms with E-state index < -0.39 is 39.9 Å². The molecular formula is C33H45FN6O7S. The van der Waals surface area contributed by atoms with Gasteiger partial charge < -0.3 is 34.3 Å². The zero-order chi connectivity index (χ0) is 35.0. The molecule has 48 heavy (non-hydrogen) atoms. The van der Waals surface area contributed by atoms with Crippen LogP contribution in [0.25, 0.3) is 0 Å². The fourth-order valence-electron chi connectivity index (χ4n) is 5.29. The number of urea groups is 1. The van der Waals surface area contributed by atoms with E-state index in [9.17, 15) is 27.5 Å². The molecule has 3 amide bonds. The molecule has 3 N–H and O–H groups in total. The van der Waals surface area contributed by atoms with Crippen molar-refractivity contribution in [2.75, 3.05) is 43.4 Å². The summed E-state index contributed by atoms with van der Waals surface area (Å²) in [4.78, 5) is 34.2. The number of aryl methyl sites for hydroxylation is 1. The van der Waals surface area contributed by atoms with Crippen LogP contribution in [0.1, 0.15) is 50.4 Å². The fourth-order valence-corrected chi connectivity index (χ4v) is 6.32. The highest BCUT2D eigenvalue weighted by Crippen LogP contribution is 2.29. The summed E-state index contributed by atoms with van der Waals surface area (Å²) in [5, 5.41) is 12.8. The maximum absolute atomic E-state index is 14.3. The van der Waals surface area contributed by atoms with Crippen molar-refractivity contribution >= 4 is 33.3 Å². The fraction of sp³-hybridized carbons (Fsp3) is 0.485. The lowest BCUT2D eigenvalue weighted by molar-refractivity contribution is -0.0115. The molecule has 2 aromatic carbocycles. The van der Waals surface area contributed by atoms with Crippen molar-refractivity contribution in [1.82, 2.24) is 19.4 Å². The highest BCUT2D eigenvalue weighted by atomic mass is 32.2. The van der Waals surface area contributed by atoms with Crippen LogP contribution in [0.15, 0.2) is 60.0 Å². The summed E-state index contributed by atoms with van der Waals surface area (Å²) in [6.07, 6.45) is 4.17. The maximum atomic E-state index is 14.3. The summed E-state index contributed by atoms with van der Waals surface area (Å²) in [7, 11) is -0.762. The predicted octanol–water partition coefficient (Wildman–Crippen LogP) is 4.32. The van der Waals surface area contributed by atoms with Gasteiger partial charge in [-0.15, -0.1) is 0 Å². The summed E-state index contributed by atoms with van der Waals surface area (Å²) in [5.74, 6) is -0.896. The van der Waals surface area contributed by atoms with E-state index in [0.717, 1.165) is 12.8 Å². The molecule has 3 aromatic rings. The molecule has 4 rings (SSSR count). The van der Waals surface area contributed by atoms with Gasteiger partial charge in [0.2, 0.25) is 0 Å². The smallest absolute Gasteiger partial charge is 0.321 e. The molecule has 1 aliphatic heterocycles. The van der Waals surface area contributed by atoms with E-state index in [1.54, 1.807) is 27.1 Å². The number of nitrogens with one attached hydrogen (secondary N) is 2. The molecule has 0 aliphatic carbocycles. The number of imidazole rings is 1. The van der Waals surface area contributed by atoms with Gasteiger partial charge in [0, 0.05) is 57.3 Å². The second-order valence-corrected chi connectivity index (χ2v) is 13.9. The average Bonchev–Trinajstić information content (AvgIpc) is 3.50. The molecule has 13 nitrogen and oxygen atoms in total. The number of carbonyl (C=O) groups is 2. The molecule has 2 heterocycles. The van der Waals surface area contributed by atoms with Crippen LogP contribution in [0.5, 0.6) is 5.75 Å². The van der Waals surface area contributed by atoms with Gasteiger partial charge in [-0.3, -0.25) is 9.52 Å². The summed E-state index contributed by atoms with van der Waals surface area (Å²) in [5.41, 5.74) is 0.712. The van der Waals surface area contributed by atoms with Crippen molar-refractivity contribution in [3.05, 3.63) is 66.4 Å². The number of halogens is 1. The number of aliphatic hydroxyl groups is 1. The molecular weight excluding hydrogens is 643 g/mol. The third-order valence-corrected chi connectivity index (χ3v) is 9.42. The summed E-state index contributed by atoms with van der Waals surface area (Å²) >= 11 is 0. The number of benzene rings is 2. The van der Waals surface area contributed by atoms with Gasteiger partial charge in [0.1, 0.15) is 11.6 Å². The second kappa shape index (κ2) is 16.3. The third-order valence-electron chi connectivity index (χ3n) is 8.16. The Labute approximate surface area is 281 Å². The van der Waals surface area contributed by atoms with Crippen LogP contribution >= 0.6 is 0 Å². The molecule has 1 aromatic heterocycles. The number of sulfonamides is 1. The van der Waals surface area contributed by atoms with E-state index in [2.05, 4.69) is 15.0 Å². The third kappa shape index (κ3) is 9.67. The number of nitrogens with zero attached hydrogens (tertiary/aromatic N) is 4. The Bertz CT molecular complexity index is 1650. The summed E-state index contributed by atoms with van der Waals surface area (Å²) in [6.45, 7) is 5.95. The first-order chi connectivity index (χ1) is 22.8. The van der Waals surface area contributed by atoms with Gasteiger partial charge in [0.15, 0.2) is 5.03 Å². The normalized spacial score (nSPS) is 20.2. The van der Waals surface area contributed by atoms with Crippen LogP contribution in [0.2, 0.25) is 0 Å². The molecule has 15 heteroatoms. The van der Waals surface area contributed by atoms with Gasteiger partial charge in [-0.25, -0.2) is 14.2 Å². The number of hydrogen-bond donors (Lipinski definition) is 3. The molecule has 0 spiro atoms. The van der Waals surface area contributed by atoms with Gasteiger partial charge >= 0.3 is 6.03 Å². The number of likely N-dealkylation sites (N-methyl/N-ethyl adjacent to an activating group) is 1. The zero-order valence-corrected chi connectivity index (χ0v) is 28.7. The Hall–Kier alpha value is -4.21. The maximum Gasteiger partial charge on any atom is 0.321 e. The number of amides is 3. The molecule has 0 saturated carbocycles. The number of fused-ring (bicyclic) bond motifs is 1. The molecule has 0 unspecified atom stereocenters. The highest BCUT2D eigenvalue weighted by molar-refractivity contribution is 7.92. The molecule has 4 atom stereocenters.